The van der Waals surface area contributed by atoms with Gasteiger partial charge in [0, 0.05) is 17.8 Å². The lowest BCUT2D eigenvalue weighted by molar-refractivity contribution is -0.0849. The van der Waals surface area contributed by atoms with Crippen LogP contribution in [0, 0.1) is 0 Å². The topological polar surface area (TPSA) is 142 Å². The number of carbonyl (C=O) groups excluding carboxylic acids is 2. The van der Waals surface area contributed by atoms with Crippen molar-refractivity contribution in [3.8, 4) is 11.5 Å². The lowest BCUT2D eigenvalue weighted by Crippen LogP contribution is -2.32. The Morgan fingerprint density at radius 1 is 0.611 bits per heavy atom. The van der Waals surface area contributed by atoms with E-state index in [1.54, 1.807) is 48.5 Å². The summed E-state index contributed by atoms with van der Waals surface area (Å²) in [7, 11) is 0. The minimum absolute atomic E-state index is 0.0490. The molecule has 0 aromatic heterocycles. The van der Waals surface area contributed by atoms with Gasteiger partial charge in [-0.2, -0.15) is 0 Å². The minimum Gasteiger partial charge on any atom is -0.434 e. The van der Waals surface area contributed by atoms with Crippen LogP contribution in [0.25, 0.3) is 0 Å². The first kappa shape index (κ1) is 28.7. The second-order valence-electron chi connectivity index (χ2n) is 9.26. The SMILES string of the molecule is CC(C)(CCOC(=O)Oc1ccc(N)cc1)OCCC(C)(C)OCCOC(=O)Oc1ccc(N)cc1. The number of carbonyl (C=O) groups is 2. The highest BCUT2D eigenvalue weighted by molar-refractivity contribution is 5.64. The number of hydrogen-bond acceptors (Lipinski definition) is 10. The van der Waals surface area contributed by atoms with Crippen molar-refractivity contribution in [2.24, 2.45) is 0 Å². The molecule has 198 valence electrons. The zero-order valence-corrected chi connectivity index (χ0v) is 21.3. The molecule has 0 saturated heterocycles. The van der Waals surface area contributed by atoms with Gasteiger partial charge in [0.05, 0.1) is 31.0 Å². The maximum absolute atomic E-state index is 11.8. The maximum atomic E-state index is 11.8. The van der Waals surface area contributed by atoms with E-state index in [1.165, 1.54) is 0 Å². The van der Waals surface area contributed by atoms with E-state index in [0.717, 1.165) is 0 Å². The molecule has 0 aliphatic heterocycles. The first-order valence-electron chi connectivity index (χ1n) is 11.6. The van der Waals surface area contributed by atoms with Gasteiger partial charge < -0.3 is 39.9 Å². The van der Waals surface area contributed by atoms with E-state index in [-0.39, 0.29) is 19.8 Å². The van der Waals surface area contributed by atoms with Crippen molar-refractivity contribution >= 4 is 23.7 Å². The standard InChI is InChI=1S/C26H36N2O8/c1-25(2,13-15-31-23(29)35-21-9-5-19(27)6-10-21)33-16-14-26(3,4)34-18-17-32-24(30)36-22-11-7-20(28)8-12-22/h5-12H,13-18,27-28H2,1-4H3. The number of rotatable bonds is 13. The van der Waals surface area contributed by atoms with Gasteiger partial charge >= 0.3 is 12.3 Å². The molecule has 0 spiro atoms. The lowest BCUT2D eigenvalue weighted by atomic mass is 10.0. The highest BCUT2D eigenvalue weighted by atomic mass is 16.7. The van der Waals surface area contributed by atoms with Crippen LogP contribution in [0.5, 0.6) is 11.5 Å². The normalized spacial score (nSPS) is 11.6. The van der Waals surface area contributed by atoms with Crippen LogP contribution in [-0.2, 0) is 18.9 Å². The van der Waals surface area contributed by atoms with Crippen LogP contribution >= 0.6 is 0 Å². The number of hydrogen-bond donors (Lipinski definition) is 2. The van der Waals surface area contributed by atoms with Crippen LogP contribution in [-0.4, -0.2) is 49.9 Å². The van der Waals surface area contributed by atoms with Crippen LogP contribution in [0.3, 0.4) is 0 Å². The monoisotopic (exact) mass is 504 g/mol. The zero-order valence-electron chi connectivity index (χ0n) is 21.3. The summed E-state index contributed by atoms with van der Waals surface area (Å²) in [5.74, 6) is 0.704. The van der Waals surface area contributed by atoms with Crippen LogP contribution in [0.2, 0.25) is 0 Å². The van der Waals surface area contributed by atoms with Gasteiger partial charge in [-0.25, -0.2) is 9.59 Å². The number of ether oxygens (including phenoxy) is 6. The molecule has 0 aliphatic rings. The molecule has 10 heteroatoms. The molecule has 0 atom stereocenters. The molecule has 4 N–H and O–H groups in total. The van der Waals surface area contributed by atoms with E-state index in [2.05, 4.69) is 0 Å². The first-order valence-corrected chi connectivity index (χ1v) is 11.6. The Morgan fingerprint density at radius 2 is 1.00 bits per heavy atom. The molecule has 0 amide bonds. The second kappa shape index (κ2) is 13.6. The van der Waals surface area contributed by atoms with Crippen molar-refractivity contribution in [3.63, 3.8) is 0 Å². The average Bonchev–Trinajstić information content (AvgIpc) is 2.79. The Kier molecular flexibility index (Phi) is 10.8. The predicted octanol–water partition coefficient (Wildman–Crippen LogP) is 4.95. The molecule has 2 rings (SSSR count). The molecule has 0 heterocycles. The highest BCUT2D eigenvalue weighted by Crippen LogP contribution is 2.20. The van der Waals surface area contributed by atoms with E-state index in [0.29, 0.717) is 42.3 Å². The fourth-order valence-corrected chi connectivity index (χ4v) is 2.86. The third kappa shape index (κ3) is 11.8. The third-order valence-corrected chi connectivity index (χ3v) is 5.08. The van der Waals surface area contributed by atoms with Crippen LogP contribution < -0.4 is 20.9 Å². The fraction of sp³-hybridized carbons (Fsp3) is 0.462. The summed E-state index contributed by atoms with van der Waals surface area (Å²) in [6.07, 6.45) is -0.517. The minimum atomic E-state index is -0.814. The summed E-state index contributed by atoms with van der Waals surface area (Å²) in [5.41, 5.74) is 11.3. The molecule has 36 heavy (non-hydrogen) atoms. The van der Waals surface area contributed by atoms with Crippen molar-refractivity contribution in [3.05, 3.63) is 48.5 Å². The van der Waals surface area contributed by atoms with Crippen LogP contribution in [0.4, 0.5) is 21.0 Å². The van der Waals surface area contributed by atoms with Gasteiger partial charge in [0.15, 0.2) is 0 Å². The summed E-state index contributed by atoms with van der Waals surface area (Å²) >= 11 is 0. The summed E-state index contributed by atoms with van der Waals surface area (Å²) in [5, 5.41) is 0. The number of anilines is 2. The Hall–Kier alpha value is -3.50. The van der Waals surface area contributed by atoms with Crippen molar-refractivity contribution in [1.29, 1.82) is 0 Å². The second-order valence-corrected chi connectivity index (χ2v) is 9.26. The van der Waals surface area contributed by atoms with Gasteiger partial charge in [-0.15, -0.1) is 0 Å². The van der Waals surface area contributed by atoms with Gasteiger partial charge in [0.25, 0.3) is 0 Å². The van der Waals surface area contributed by atoms with Gasteiger partial charge in [-0.1, -0.05) is 0 Å². The van der Waals surface area contributed by atoms with Gasteiger partial charge in [0.1, 0.15) is 18.1 Å². The molecular formula is C26H36N2O8. The molecule has 0 radical (unpaired) electrons. The van der Waals surface area contributed by atoms with Crippen LogP contribution in [0.1, 0.15) is 40.5 Å². The largest absolute Gasteiger partial charge is 0.513 e. The number of nitrogen functional groups attached to an aromatic ring is 2. The molecule has 0 saturated carbocycles. The molecule has 0 fully saturated rings. The summed E-state index contributed by atoms with van der Waals surface area (Å²) in [6, 6.07) is 12.9. The molecule has 10 nitrogen and oxygen atoms in total. The van der Waals surface area contributed by atoms with Crippen molar-refractivity contribution in [1.82, 2.24) is 0 Å². The summed E-state index contributed by atoms with van der Waals surface area (Å²) in [6.45, 7) is 8.50. The van der Waals surface area contributed by atoms with E-state index in [1.807, 2.05) is 27.7 Å². The fourth-order valence-electron chi connectivity index (χ4n) is 2.86. The zero-order chi connectivity index (χ0) is 26.6. The first-order chi connectivity index (χ1) is 16.9. The highest BCUT2D eigenvalue weighted by Gasteiger charge is 2.23. The smallest absolute Gasteiger partial charge is 0.434 e. The van der Waals surface area contributed by atoms with Gasteiger partial charge in [-0.3, -0.25) is 0 Å². The summed E-state index contributed by atoms with van der Waals surface area (Å²) in [4.78, 5) is 23.6. The van der Waals surface area contributed by atoms with E-state index in [4.69, 9.17) is 39.9 Å². The molecule has 0 aliphatic carbocycles. The van der Waals surface area contributed by atoms with Crippen molar-refractivity contribution in [2.75, 3.05) is 37.9 Å². The maximum Gasteiger partial charge on any atom is 0.513 e. The lowest BCUT2D eigenvalue weighted by Gasteiger charge is -2.29. The third-order valence-electron chi connectivity index (χ3n) is 5.08. The van der Waals surface area contributed by atoms with E-state index < -0.39 is 23.5 Å². The molecule has 2 aromatic rings. The Labute approximate surface area is 211 Å². The summed E-state index contributed by atoms with van der Waals surface area (Å²) < 4.78 is 32.1. The molecule has 0 bridgehead atoms. The Bertz CT molecular complexity index is 959. The predicted molar refractivity (Wildman–Crippen MR) is 135 cm³/mol. The quantitative estimate of drug-likeness (QED) is 0.166. The number of benzene rings is 2. The van der Waals surface area contributed by atoms with E-state index in [9.17, 15) is 9.59 Å². The Morgan fingerprint density at radius 3 is 1.47 bits per heavy atom. The molecular weight excluding hydrogens is 468 g/mol. The van der Waals surface area contributed by atoms with Crippen LogP contribution in [0.15, 0.2) is 48.5 Å². The molecule has 0 unspecified atom stereocenters. The average molecular weight is 505 g/mol. The van der Waals surface area contributed by atoms with Crippen molar-refractivity contribution in [2.45, 2.75) is 51.7 Å². The number of nitrogens with two attached hydrogens (primary N) is 2. The van der Waals surface area contributed by atoms with Crippen molar-refractivity contribution < 1.29 is 38.0 Å². The van der Waals surface area contributed by atoms with Gasteiger partial charge in [-0.05, 0) is 82.6 Å². The van der Waals surface area contributed by atoms with Gasteiger partial charge in [0.2, 0.25) is 0 Å². The van der Waals surface area contributed by atoms with E-state index >= 15 is 0 Å². The Balaban J connectivity index is 1.57. The molecule has 2 aromatic carbocycles.